The Balaban J connectivity index is 2.98. The van der Waals surface area contributed by atoms with Crippen LogP contribution in [0.5, 0.6) is 0 Å². The molecule has 0 radical (unpaired) electrons. The van der Waals surface area contributed by atoms with Crippen molar-refractivity contribution in [1.82, 2.24) is 0 Å². The minimum atomic E-state index is 0.704. The summed E-state index contributed by atoms with van der Waals surface area (Å²) in [5.74, 6) is 0.717. The predicted octanol–water partition coefficient (Wildman–Crippen LogP) is 3.82. The molecule has 0 fully saturated rings. The molecule has 0 aliphatic carbocycles. The highest BCUT2D eigenvalue weighted by atomic mass is 79.9. The predicted molar refractivity (Wildman–Crippen MR) is 84.2 cm³/mol. The van der Waals surface area contributed by atoms with Crippen LogP contribution in [-0.4, -0.2) is 19.6 Å². The number of benzene rings is 1. The van der Waals surface area contributed by atoms with Crippen LogP contribution in [0.4, 0.5) is 5.69 Å². The van der Waals surface area contributed by atoms with Gasteiger partial charge in [-0.15, -0.1) is 0 Å². The molecule has 2 nitrogen and oxygen atoms in total. The number of hydrogen-bond donors (Lipinski definition) is 1. The molecule has 0 aliphatic heterocycles. The fourth-order valence-electron chi connectivity index (χ4n) is 2.10. The average Bonchev–Trinajstić information content (AvgIpc) is 2.38. The second-order valence-corrected chi connectivity index (χ2v) is 5.78. The normalized spacial score (nSPS) is 12.5. The summed E-state index contributed by atoms with van der Waals surface area (Å²) in [6, 6.07) is 6.51. The molecule has 102 valence electrons. The van der Waals surface area contributed by atoms with E-state index in [0.717, 1.165) is 29.9 Å². The van der Waals surface area contributed by atoms with Gasteiger partial charge in [-0.1, -0.05) is 42.3 Å². The Hall–Kier alpha value is -0.540. The van der Waals surface area contributed by atoms with Crippen LogP contribution in [0.25, 0.3) is 0 Å². The SMILES string of the molecule is CCC(C)CN(CC)c1cc(Br)ccc1CCN. The molecule has 0 amide bonds. The van der Waals surface area contributed by atoms with E-state index in [-0.39, 0.29) is 0 Å². The van der Waals surface area contributed by atoms with Crippen LogP contribution in [0.1, 0.15) is 32.8 Å². The van der Waals surface area contributed by atoms with Crippen LogP contribution in [-0.2, 0) is 6.42 Å². The lowest BCUT2D eigenvalue weighted by molar-refractivity contribution is 0.547. The summed E-state index contributed by atoms with van der Waals surface area (Å²) in [5, 5.41) is 0. The standard InChI is InChI=1S/C15H25BrN2/c1-4-12(3)11-18(5-2)15-10-14(16)7-6-13(15)8-9-17/h6-7,10,12H,4-5,8-9,11,17H2,1-3H3. The minimum Gasteiger partial charge on any atom is -0.371 e. The molecule has 0 spiro atoms. The fourth-order valence-corrected chi connectivity index (χ4v) is 2.45. The van der Waals surface area contributed by atoms with Gasteiger partial charge < -0.3 is 10.6 Å². The lowest BCUT2D eigenvalue weighted by Gasteiger charge is -2.28. The number of rotatable bonds is 7. The summed E-state index contributed by atoms with van der Waals surface area (Å²) in [6.07, 6.45) is 2.16. The van der Waals surface area contributed by atoms with Crippen molar-refractivity contribution >= 4 is 21.6 Å². The quantitative estimate of drug-likeness (QED) is 0.829. The molecule has 0 bridgehead atoms. The summed E-state index contributed by atoms with van der Waals surface area (Å²) in [6.45, 7) is 9.63. The molecule has 1 atom stereocenters. The molecule has 0 heterocycles. The lowest BCUT2D eigenvalue weighted by atomic mass is 10.1. The summed E-state index contributed by atoms with van der Waals surface area (Å²) < 4.78 is 1.14. The first-order valence-corrected chi connectivity index (χ1v) is 7.65. The van der Waals surface area contributed by atoms with Crippen molar-refractivity contribution < 1.29 is 0 Å². The molecule has 1 unspecified atom stereocenters. The van der Waals surface area contributed by atoms with Gasteiger partial charge in [0.05, 0.1) is 0 Å². The largest absolute Gasteiger partial charge is 0.371 e. The van der Waals surface area contributed by atoms with Crippen molar-refractivity contribution in [2.45, 2.75) is 33.6 Å². The van der Waals surface area contributed by atoms with E-state index >= 15 is 0 Å². The Morgan fingerprint density at radius 1 is 1.33 bits per heavy atom. The van der Waals surface area contributed by atoms with E-state index in [4.69, 9.17) is 5.73 Å². The van der Waals surface area contributed by atoms with Gasteiger partial charge in [0.25, 0.3) is 0 Å². The summed E-state index contributed by atoms with van der Waals surface area (Å²) in [4.78, 5) is 2.46. The zero-order chi connectivity index (χ0) is 13.5. The van der Waals surface area contributed by atoms with Crippen molar-refractivity contribution in [1.29, 1.82) is 0 Å². The minimum absolute atomic E-state index is 0.704. The fraction of sp³-hybridized carbons (Fsp3) is 0.600. The molecule has 0 saturated heterocycles. The zero-order valence-corrected chi connectivity index (χ0v) is 13.3. The smallest absolute Gasteiger partial charge is 0.0410 e. The van der Waals surface area contributed by atoms with Gasteiger partial charge in [-0.2, -0.15) is 0 Å². The Morgan fingerprint density at radius 3 is 2.61 bits per heavy atom. The Labute approximate surface area is 120 Å². The Kier molecular flexibility index (Phi) is 6.72. The highest BCUT2D eigenvalue weighted by molar-refractivity contribution is 9.10. The number of hydrogen-bond acceptors (Lipinski definition) is 2. The van der Waals surface area contributed by atoms with E-state index in [1.165, 1.54) is 17.7 Å². The van der Waals surface area contributed by atoms with Crippen molar-refractivity contribution in [2.24, 2.45) is 11.7 Å². The van der Waals surface area contributed by atoms with Crippen LogP contribution in [0.15, 0.2) is 22.7 Å². The molecular formula is C15H25BrN2. The van der Waals surface area contributed by atoms with Crippen LogP contribution >= 0.6 is 15.9 Å². The Bertz CT molecular complexity index is 366. The zero-order valence-electron chi connectivity index (χ0n) is 11.7. The number of nitrogens with two attached hydrogens (primary N) is 1. The van der Waals surface area contributed by atoms with Crippen molar-refractivity contribution in [3.05, 3.63) is 28.2 Å². The maximum atomic E-state index is 5.71. The van der Waals surface area contributed by atoms with Gasteiger partial charge in [0.15, 0.2) is 0 Å². The highest BCUT2D eigenvalue weighted by Crippen LogP contribution is 2.26. The second kappa shape index (κ2) is 7.80. The van der Waals surface area contributed by atoms with E-state index in [2.05, 4.69) is 59.8 Å². The van der Waals surface area contributed by atoms with Crippen LogP contribution in [0.2, 0.25) is 0 Å². The average molecular weight is 313 g/mol. The van der Waals surface area contributed by atoms with Gasteiger partial charge in [-0.25, -0.2) is 0 Å². The molecule has 0 aliphatic rings. The molecule has 18 heavy (non-hydrogen) atoms. The summed E-state index contributed by atoms with van der Waals surface area (Å²) >= 11 is 3.57. The molecule has 0 saturated carbocycles. The third-order valence-corrected chi connectivity index (χ3v) is 3.91. The molecule has 0 aromatic heterocycles. The first-order valence-electron chi connectivity index (χ1n) is 6.85. The number of nitrogens with zero attached hydrogens (tertiary/aromatic N) is 1. The first-order chi connectivity index (χ1) is 8.62. The number of anilines is 1. The van der Waals surface area contributed by atoms with Crippen molar-refractivity contribution in [2.75, 3.05) is 24.5 Å². The molecular weight excluding hydrogens is 288 g/mol. The topological polar surface area (TPSA) is 29.3 Å². The van der Waals surface area contributed by atoms with Gasteiger partial charge in [0, 0.05) is 23.2 Å². The van der Waals surface area contributed by atoms with Crippen molar-refractivity contribution in [3.63, 3.8) is 0 Å². The molecule has 2 N–H and O–H groups in total. The third-order valence-electron chi connectivity index (χ3n) is 3.41. The van der Waals surface area contributed by atoms with E-state index in [9.17, 15) is 0 Å². The third kappa shape index (κ3) is 4.29. The van der Waals surface area contributed by atoms with E-state index in [0.29, 0.717) is 6.54 Å². The number of halogens is 1. The van der Waals surface area contributed by atoms with E-state index in [1.54, 1.807) is 0 Å². The molecule has 1 aromatic rings. The van der Waals surface area contributed by atoms with Gasteiger partial charge in [0.2, 0.25) is 0 Å². The summed E-state index contributed by atoms with van der Waals surface area (Å²) in [5.41, 5.74) is 8.39. The molecule has 1 rings (SSSR count). The van der Waals surface area contributed by atoms with Crippen LogP contribution < -0.4 is 10.6 Å². The monoisotopic (exact) mass is 312 g/mol. The van der Waals surface area contributed by atoms with Gasteiger partial charge in [-0.05, 0) is 43.5 Å². The van der Waals surface area contributed by atoms with Gasteiger partial charge in [0.1, 0.15) is 0 Å². The maximum absolute atomic E-state index is 5.71. The van der Waals surface area contributed by atoms with Gasteiger partial charge in [-0.3, -0.25) is 0 Å². The van der Waals surface area contributed by atoms with Gasteiger partial charge >= 0.3 is 0 Å². The van der Waals surface area contributed by atoms with Crippen LogP contribution in [0, 0.1) is 5.92 Å². The van der Waals surface area contributed by atoms with Crippen molar-refractivity contribution in [3.8, 4) is 0 Å². The Morgan fingerprint density at radius 2 is 2.06 bits per heavy atom. The second-order valence-electron chi connectivity index (χ2n) is 4.86. The maximum Gasteiger partial charge on any atom is 0.0410 e. The van der Waals surface area contributed by atoms with E-state index < -0.39 is 0 Å². The molecule has 1 aromatic carbocycles. The lowest BCUT2D eigenvalue weighted by Crippen LogP contribution is -2.29. The summed E-state index contributed by atoms with van der Waals surface area (Å²) in [7, 11) is 0. The van der Waals surface area contributed by atoms with E-state index in [1.807, 2.05) is 0 Å². The first kappa shape index (κ1) is 15.5. The molecule has 3 heteroatoms. The van der Waals surface area contributed by atoms with Crippen LogP contribution in [0.3, 0.4) is 0 Å². The highest BCUT2D eigenvalue weighted by Gasteiger charge is 2.12.